The molecule has 1 saturated carbocycles. The Morgan fingerprint density at radius 3 is 2.49 bits per heavy atom. The molecule has 49 heavy (non-hydrogen) atoms. The number of carbonyl (C=O) groups excluding carboxylic acids is 1. The fraction of sp³-hybridized carbons (Fsp3) is 0.463. The van der Waals surface area contributed by atoms with Crippen LogP contribution in [-0.2, 0) is 6.42 Å². The normalized spacial score (nSPS) is 19.5. The fourth-order valence-electron chi connectivity index (χ4n) is 7.98. The Hall–Kier alpha value is -4.64. The summed E-state index contributed by atoms with van der Waals surface area (Å²) in [6.07, 6.45) is 8.66. The van der Waals surface area contributed by atoms with Gasteiger partial charge in [-0.2, -0.15) is 0 Å². The van der Waals surface area contributed by atoms with E-state index in [1.165, 1.54) is 11.3 Å². The third kappa shape index (κ3) is 7.83. The van der Waals surface area contributed by atoms with Crippen molar-refractivity contribution in [3.8, 4) is 28.5 Å². The van der Waals surface area contributed by atoms with Gasteiger partial charge in [-0.25, -0.2) is 19.1 Å². The van der Waals surface area contributed by atoms with Gasteiger partial charge >= 0.3 is 6.09 Å². The Balaban J connectivity index is 1.68. The number of amides is 1. The number of carbonyl (C=O) groups is 1. The minimum atomic E-state index is -0.573. The van der Waals surface area contributed by atoms with Crippen molar-refractivity contribution in [3.63, 3.8) is 0 Å². The SMILES string of the molecule is [C-]#[N+]c1c(CC2C(CC(C)C)CC(C)CC2C(C)(C)C)c2nc(-c3cc(C)cc(-c4ccccn4)c3)[nH]n2c1OC(=O)N(CC=C)CC=C. The highest BCUT2D eigenvalue weighted by molar-refractivity contribution is 5.81. The molecule has 1 aliphatic carbocycles. The number of ether oxygens (including phenoxy) is 1. The van der Waals surface area contributed by atoms with E-state index in [1.54, 1.807) is 22.9 Å². The van der Waals surface area contributed by atoms with Crippen molar-refractivity contribution in [2.24, 2.45) is 35.0 Å². The number of aromatic amines is 1. The van der Waals surface area contributed by atoms with Crippen molar-refractivity contribution in [2.45, 2.75) is 74.1 Å². The number of fused-ring (bicyclic) bond motifs is 1. The second-order valence-corrected chi connectivity index (χ2v) is 15.4. The maximum absolute atomic E-state index is 13.6. The second kappa shape index (κ2) is 14.9. The van der Waals surface area contributed by atoms with Crippen molar-refractivity contribution < 1.29 is 9.53 Å². The molecule has 4 unspecified atom stereocenters. The zero-order valence-electron chi connectivity index (χ0n) is 30.3. The molecule has 1 fully saturated rings. The quantitative estimate of drug-likeness (QED) is 0.128. The van der Waals surface area contributed by atoms with Gasteiger partial charge in [-0.15, -0.1) is 13.2 Å². The molecular formula is C41H52N6O2. The van der Waals surface area contributed by atoms with Gasteiger partial charge < -0.3 is 9.64 Å². The molecule has 0 radical (unpaired) electrons. The van der Waals surface area contributed by atoms with Crippen LogP contribution in [-0.4, -0.2) is 43.7 Å². The van der Waals surface area contributed by atoms with Gasteiger partial charge in [0.2, 0.25) is 5.88 Å². The monoisotopic (exact) mass is 660 g/mol. The number of hydrogen-bond acceptors (Lipinski definition) is 4. The highest BCUT2D eigenvalue weighted by Gasteiger charge is 2.43. The van der Waals surface area contributed by atoms with Crippen molar-refractivity contribution >= 4 is 17.4 Å². The van der Waals surface area contributed by atoms with E-state index in [2.05, 4.69) is 94.8 Å². The molecule has 3 aromatic heterocycles. The highest BCUT2D eigenvalue weighted by Crippen LogP contribution is 2.51. The largest absolute Gasteiger partial charge is 0.416 e. The van der Waals surface area contributed by atoms with E-state index in [9.17, 15) is 4.79 Å². The molecule has 1 amide bonds. The van der Waals surface area contributed by atoms with Gasteiger partial charge in [0.15, 0.2) is 5.82 Å². The van der Waals surface area contributed by atoms with Gasteiger partial charge in [-0.1, -0.05) is 59.8 Å². The number of aryl methyl sites for hydroxylation is 1. The van der Waals surface area contributed by atoms with E-state index in [-0.39, 0.29) is 24.4 Å². The Morgan fingerprint density at radius 1 is 1.16 bits per heavy atom. The molecule has 1 N–H and O–H groups in total. The fourth-order valence-corrected chi connectivity index (χ4v) is 7.98. The lowest BCUT2D eigenvalue weighted by molar-refractivity contribution is 0.0259. The first-order chi connectivity index (χ1) is 23.3. The number of nitrogens with zero attached hydrogens (tertiary/aromatic N) is 5. The van der Waals surface area contributed by atoms with E-state index in [0.29, 0.717) is 53.2 Å². The summed E-state index contributed by atoms with van der Waals surface area (Å²) in [6.45, 7) is 32.7. The molecule has 4 aromatic rings. The first-order valence-corrected chi connectivity index (χ1v) is 17.6. The van der Waals surface area contributed by atoms with Crippen LogP contribution in [0, 0.1) is 48.5 Å². The van der Waals surface area contributed by atoms with E-state index < -0.39 is 6.09 Å². The number of benzene rings is 1. The number of H-pyrrole nitrogens is 1. The number of nitrogens with one attached hydrogen (secondary N) is 1. The van der Waals surface area contributed by atoms with Gasteiger partial charge in [-0.3, -0.25) is 10.1 Å². The van der Waals surface area contributed by atoms with Gasteiger partial charge in [0.1, 0.15) is 5.65 Å². The zero-order chi connectivity index (χ0) is 35.5. The molecule has 0 spiro atoms. The van der Waals surface area contributed by atoms with Gasteiger partial charge in [0.05, 0.1) is 12.3 Å². The Morgan fingerprint density at radius 2 is 1.88 bits per heavy atom. The molecule has 1 aromatic carbocycles. The van der Waals surface area contributed by atoms with Crippen LogP contribution in [0.4, 0.5) is 10.5 Å². The maximum Gasteiger partial charge on any atom is 0.416 e. The standard InChI is InChI=1S/C41H52N6O2/c1-11-17-46(18-12-2)40(48)49-39-36(42-10)33(25-32-29(19-26(3)4)20-28(6)23-34(32)41(7,8)9)38-44-37(45-47(38)39)31-22-27(5)21-30(24-31)35-15-13-14-16-43-35/h11-16,21-22,24,26,28-29,32,34H,1-2,17-20,23,25H2,3-9H3,(H,44,45). The molecular weight excluding hydrogens is 608 g/mol. The molecule has 4 atom stereocenters. The Bertz CT molecular complexity index is 1830. The lowest BCUT2D eigenvalue weighted by Gasteiger charge is -2.48. The van der Waals surface area contributed by atoms with E-state index >= 15 is 0 Å². The maximum atomic E-state index is 13.6. The van der Waals surface area contributed by atoms with Crippen molar-refractivity contribution in [1.82, 2.24) is 24.5 Å². The summed E-state index contributed by atoms with van der Waals surface area (Å²) in [4.78, 5) is 28.8. The summed E-state index contributed by atoms with van der Waals surface area (Å²) in [7, 11) is 0. The average molecular weight is 661 g/mol. The Kier molecular flexibility index (Phi) is 10.8. The molecule has 8 nitrogen and oxygen atoms in total. The van der Waals surface area contributed by atoms with E-state index in [4.69, 9.17) is 16.3 Å². The molecule has 0 saturated heterocycles. The van der Waals surface area contributed by atoms with Crippen LogP contribution in [0.1, 0.15) is 71.9 Å². The summed E-state index contributed by atoms with van der Waals surface area (Å²) in [5.74, 6) is 3.33. The molecule has 0 bridgehead atoms. The van der Waals surface area contributed by atoms with Crippen LogP contribution in [0.2, 0.25) is 0 Å². The number of rotatable bonds is 11. The number of pyridine rings is 1. The second-order valence-electron chi connectivity index (χ2n) is 15.4. The van der Waals surface area contributed by atoms with Crippen molar-refractivity contribution in [2.75, 3.05) is 13.1 Å². The van der Waals surface area contributed by atoms with Crippen LogP contribution < -0.4 is 4.74 Å². The van der Waals surface area contributed by atoms with Crippen LogP contribution >= 0.6 is 0 Å². The summed E-state index contributed by atoms with van der Waals surface area (Å²) in [5, 5.41) is 3.42. The first kappa shape index (κ1) is 35.7. The third-order valence-corrected chi connectivity index (χ3v) is 9.98. The van der Waals surface area contributed by atoms with Gasteiger partial charge in [-0.05, 0) is 104 Å². The number of hydrogen-bond donors (Lipinski definition) is 1. The molecule has 0 aliphatic heterocycles. The Labute approximate surface area is 292 Å². The summed E-state index contributed by atoms with van der Waals surface area (Å²) >= 11 is 0. The van der Waals surface area contributed by atoms with Crippen LogP contribution in [0.5, 0.6) is 5.88 Å². The van der Waals surface area contributed by atoms with Crippen LogP contribution in [0.3, 0.4) is 0 Å². The molecule has 1 aliphatic rings. The van der Waals surface area contributed by atoms with Gasteiger partial charge in [0, 0.05) is 36.0 Å². The molecule has 258 valence electrons. The highest BCUT2D eigenvalue weighted by atomic mass is 16.6. The lowest BCUT2D eigenvalue weighted by Crippen LogP contribution is -2.40. The minimum Gasteiger partial charge on any atom is -0.402 e. The summed E-state index contributed by atoms with van der Waals surface area (Å²) in [5.41, 5.74) is 5.69. The summed E-state index contributed by atoms with van der Waals surface area (Å²) in [6, 6.07) is 12.1. The zero-order valence-corrected chi connectivity index (χ0v) is 30.3. The predicted molar refractivity (Wildman–Crippen MR) is 199 cm³/mol. The van der Waals surface area contributed by atoms with E-state index in [1.807, 2.05) is 18.2 Å². The molecule has 8 heteroatoms. The molecule has 5 rings (SSSR count). The summed E-state index contributed by atoms with van der Waals surface area (Å²) < 4.78 is 7.82. The topological polar surface area (TPSA) is 79.9 Å². The van der Waals surface area contributed by atoms with Crippen LogP contribution in [0.25, 0.3) is 33.1 Å². The van der Waals surface area contributed by atoms with Crippen molar-refractivity contribution in [1.29, 1.82) is 0 Å². The van der Waals surface area contributed by atoms with E-state index in [0.717, 1.165) is 40.8 Å². The average Bonchev–Trinajstić information content (AvgIpc) is 3.59. The smallest absolute Gasteiger partial charge is 0.402 e. The van der Waals surface area contributed by atoms with Gasteiger partial charge in [0.25, 0.3) is 5.69 Å². The minimum absolute atomic E-state index is 0.0943. The number of aromatic nitrogens is 4. The lowest BCUT2D eigenvalue weighted by atomic mass is 9.57. The predicted octanol–water partition coefficient (Wildman–Crippen LogP) is 10.3. The van der Waals surface area contributed by atoms with Crippen molar-refractivity contribution in [3.05, 3.63) is 90.4 Å². The first-order valence-electron chi connectivity index (χ1n) is 17.6. The van der Waals surface area contributed by atoms with Crippen LogP contribution in [0.15, 0.2) is 67.9 Å². The third-order valence-electron chi connectivity index (χ3n) is 9.98. The molecule has 3 heterocycles.